The summed E-state index contributed by atoms with van der Waals surface area (Å²) in [6.45, 7) is 4.63. The maximum atomic E-state index is 12.0. The summed E-state index contributed by atoms with van der Waals surface area (Å²) < 4.78 is 5.59. The molecule has 116 valence electrons. The average molecular weight is 315 g/mol. The van der Waals surface area contributed by atoms with Gasteiger partial charge in [-0.15, -0.1) is 11.8 Å². The van der Waals surface area contributed by atoms with E-state index in [-0.39, 0.29) is 5.91 Å². The summed E-state index contributed by atoms with van der Waals surface area (Å²) in [5.41, 5.74) is 3.11. The van der Waals surface area contributed by atoms with Crippen LogP contribution in [0.25, 0.3) is 0 Å². The third-order valence-corrected chi connectivity index (χ3v) is 4.05. The molecule has 0 unspecified atom stereocenters. The van der Waals surface area contributed by atoms with Gasteiger partial charge >= 0.3 is 0 Å². The Kier molecular flexibility index (Phi) is 6.34. The first-order valence-electron chi connectivity index (χ1n) is 7.34. The van der Waals surface area contributed by atoms with E-state index in [2.05, 4.69) is 5.32 Å². The number of thioether (sulfide) groups is 1. The van der Waals surface area contributed by atoms with Gasteiger partial charge in [0.05, 0.1) is 12.4 Å². The van der Waals surface area contributed by atoms with Crippen LogP contribution in [0.5, 0.6) is 5.75 Å². The fourth-order valence-corrected chi connectivity index (χ4v) is 2.91. The van der Waals surface area contributed by atoms with E-state index in [9.17, 15) is 4.79 Å². The molecule has 0 fully saturated rings. The third kappa shape index (κ3) is 5.11. The lowest BCUT2D eigenvalue weighted by Crippen LogP contribution is -2.14. The average Bonchev–Trinajstić information content (AvgIpc) is 2.49. The van der Waals surface area contributed by atoms with Crippen LogP contribution in [0.15, 0.2) is 48.5 Å². The number of hydrogen-bond acceptors (Lipinski definition) is 3. The van der Waals surface area contributed by atoms with Gasteiger partial charge < -0.3 is 10.1 Å². The van der Waals surface area contributed by atoms with Crippen LogP contribution in [0.4, 0.5) is 5.69 Å². The van der Waals surface area contributed by atoms with Crippen LogP contribution >= 0.6 is 11.8 Å². The Hall–Kier alpha value is -1.94. The minimum absolute atomic E-state index is 0.0180. The quantitative estimate of drug-likeness (QED) is 0.829. The number of ether oxygens (including phenoxy) is 1. The Labute approximate surface area is 136 Å². The number of nitrogens with one attached hydrogen (secondary N) is 1. The Balaban J connectivity index is 1.82. The summed E-state index contributed by atoms with van der Waals surface area (Å²) in [6.07, 6.45) is 0. The molecule has 22 heavy (non-hydrogen) atoms. The van der Waals surface area contributed by atoms with Crippen molar-refractivity contribution in [2.24, 2.45) is 0 Å². The first-order valence-corrected chi connectivity index (χ1v) is 8.49. The molecule has 0 aromatic heterocycles. The Morgan fingerprint density at radius 1 is 1.18 bits per heavy atom. The van der Waals surface area contributed by atoms with Crippen molar-refractivity contribution >= 4 is 23.4 Å². The van der Waals surface area contributed by atoms with Gasteiger partial charge in [-0.1, -0.05) is 30.3 Å². The van der Waals surface area contributed by atoms with Crippen LogP contribution in [0.1, 0.15) is 18.1 Å². The van der Waals surface area contributed by atoms with Gasteiger partial charge in [-0.2, -0.15) is 0 Å². The summed E-state index contributed by atoms with van der Waals surface area (Å²) in [5, 5.41) is 2.92. The predicted octanol–water partition coefficient (Wildman–Crippen LogP) is 4.27. The zero-order valence-corrected chi connectivity index (χ0v) is 13.8. The van der Waals surface area contributed by atoms with Crippen LogP contribution < -0.4 is 10.1 Å². The zero-order valence-electron chi connectivity index (χ0n) is 13.0. The molecule has 0 saturated heterocycles. The van der Waals surface area contributed by atoms with E-state index in [4.69, 9.17) is 4.74 Å². The van der Waals surface area contributed by atoms with Gasteiger partial charge in [0.2, 0.25) is 5.91 Å². The SMILES string of the molecule is CCOc1ccccc1CSCC(=O)Nc1cccc(C)c1. The summed E-state index contributed by atoms with van der Waals surface area (Å²) in [4.78, 5) is 12.0. The van der Waals surface area contributed by atoms with E-state index < -0.39 is 0 Å². The maximum absolute atomic E-state index is 12.0. The lowest BCUT2D eigenvalue weighted by Gasteiger charge is -2.10. The van der Waals surface area contributed by atoms with E-state index in [1.54, 1.807) is 11.8 Å². The molecule has 0 aliphatic heterocycles. The van der Waals surface area contributed by atoms with Crippen molar-refractivity contribution in [1.29, 1.82) is 0 Å². The Morgan fingerprint density at radius 3 is 2.77 bits per heavy atom. The predicted molar refractivity (Wildman–Crippen MR) is 93.6 cm³/mol. The third-order valence-electron chi connectivity index (χ3n) is 3.07. The van der Waals surface area contributed by atoms with E-state index in [1.807, 2.05) is 62.4 Å². The normalized spacial score (nSPS) is 10.3. The molecule has 1 amide bonds. The highest BCUT2D eigenvalue weighted by molar-refractivity contribution is 7.99. The second-order valence-electron chi connectivity index (χ2n) is 4.95. The molecular formula is C18H21NO2S. The van der Waals surface area contributed by atoms with Crippen LogP contribution in [0.2, 0.25) is 0 Å². The van der Waals surface area contributed by atoms with Crippen LogP contribution in [0.3, 0.4) is 0 Å². The number of anilines is 1. The van der Waals surface area contributed by atoms with Crippen molar-refractivity contribution in [3.63, 3.8) is 0 Å². The van der Waals surface area contributed by atoms with Gasteiger partial charge in [0, 0.05) is 17.0 Å². The van der Waals surface area contributed by atoms with Crippen LogP contribution in [-0.4, -0.2) is 18.3 Å². The highest BCUT2D eigenvalue weighted by Gasteiger charge is 2.06. The standard InChI is InChI=1S/C18H21NO2S/c1-3-21-17-10-5-4-8-15(17)12-22-13-18(20)19-16-9-6-7-14(2)11-16/h4-11H,3,12-13H2,1-2H3,(H,19,20). The molecule has 0 heterocycles. The van der Waals surface area contributed by atoms with Gasteiger partial charge in [0.1, 0.15) is 5.75 Å². The fourth-order valence-electron chi connectivity index (χ4n) is 2.09. The van der Waals surface area contributed by atoms with Crippen molar-refractivity contribution in [2.75, 3.05) is 17.7 Å². The molecule has 0 aliphatic carbocycles. The number of benzene rings is 2. The Bertz CT molecular complexity index is 628. The molecule has 4 heteroatoms. The van der Waals surface area contributed by atoms with Crippen molar-refractivity contribution in [2.45, 2.75) is 19.6 Å². The lowest BCUT2D eigenvalue weighted by molar-refractivity contribution is -0.113. The molecule has 2 rings (SSSR count). The van der Waals surface area contributed by atoms with E-state index in [1.165, 1.54) is 0 Å². The topological polar surface area (TPSA) is 38.3 Å². The zero-order chi connectivity index (χ0) is 15.8. The number of carbonyl (C=O) groups is 1. The number of amides is 1. The molecule has 2 aromatic rings. The van der Waals surface area contributed by atoms with Gasteiger partial charge in [-0.25, -0.2) is 0 Å². The molecule has 1 N–H and O–H groups in total. The molecular weight excluding hydrogens is 294 g/mol. The maximum Gasteiger partial charge on any atom is 0.234 e. The summed E-state index contributed by atoms with van der Waals surface area (Å²) in [6, 6.07) is 15.8. The Morgan fingerprint density at radius 2 is 2.00 bits per heavy atom. The smallest absolute Gasteiger partial charge is 0.234 e. The van der Waals surface area contributed by atoms with E-state index in [0.717, 1.165) is 28.3 Å². The molecule has 0 saturated carbocycles. The highest BCUT2D eigenvalue weighted by Crippen LogP contribution is 2.23. The number of rotatable bonds is 7. The van der Waals surface area contributed by atoms with Crippen molar-refractivity contribution in [3.05, 3.63) is 59.7 Å². The minimum atomic E-state index is 0.0180. The fraction of sp³-hybridized carbons (Fsp3) is 0.278. The van der Waals surface area contributed by atoms with Crippen molar-refractivity contribution in [1.82, 2.24) is 0 Å². The first kappa shape index (κ1) is 16.4. The molecule has 0 bridgehead atoms. The number of para-hydroxylation sites is 1. The summed E-state index contributed by atoms with van der Waals surface area (Å²) in [7, 11) is 0. The van der Waals surface area contributed by atoms with Crippen molar-refractivity contribution in [3.8, 4) is 5.75 Å². The largest absolute Gasteiger partial charge is 0.494 e. The van der Waals surface area contributed by atoms with Crippen LogP contribution in [0, 0.1) is 6.92 Å². The second kappa shape index (κ2) is 8.49. The van der Waals surface area contributed by atoms with Gasteiger partial charge in [-0.3, -0.25) is 4.79 Å². The van der Waals surface area contributed by atoms with E-state index >= 15 is 0 Å². The number of carbonyl (C=O) groups excluding carboxylic acids is 1. The molecule has 0 aliphatic rings. The molecule has 0 spiro atoms. The van der Waals surface area contributed by atoms with Gasteiger partial charge in [-0.05, 0) is 37.6 Å². The summed E-state index contributed by atoms with van der Waals surface area (Å²) in [5.74, 6) is 2.10. The monoisotopic (exact) mass is 315 g/mol. The number of hydrogen-bond donors (Lipinski definition) is 1. The summed E-state index contributed by atoms with van der Waals surface area (Å²) >= 11 is 1.59. The van der Waals surface area contributed by atoms with Gasteiger partial charge in [0.15, 0.2) is 0 Å². The first-order chi connectivity index (χ1) is 10.7. The second-order valence-corrected chi connectivity index (χ2v) is 5.94. The highest BCUT2D eigenvalue weighted by atomic mass is 32.2. The molecule has 0 radical (unpaired) electrons. The molecule has 0 atom stereocenters. The van der Waals surface area contributed by atoms with Gasteiger partial charge in [0.25, 0.3) is 0 Å². The van der Waals surface area contributed by atoms with Crippen LogP contribution in [-0.2, 0) is 10.5 Å². The lowest BCUT2D eigenvalue weighted by atomic mass is 10.2. The van der Waals surface area contributed by atoms with Crippen molar-refractivity contribution < 1.29 is 9.53 Å². The molecule has 3 nitrogen and oxygen atoms in total. The molecule has 2 aromatic carbocycles. The number of aryl methyl sites for hydroxylation is 1. The minimum Gasteiger partial charge on any atom is -0.494 e. The van der Waals surface area contributed by atoms with E-state index in [0.29, 0.717) is 12.4 Å².